The molecule has 8 heteroatoms. The summed E-state index contributed by atoms with van der Waals surface area (Å²) in [5.41, 5.74) is 4.68. The van der Waals surface area contributed by atoms with Gasteiger partial charge in [-0.2, -0.15) is 5.26 Å². The van der Waals surface area contributed by atoms with Gasteiger partial charge in [0.15, 0.2) is 0 Å². The molecule has 1 unspecified atom stereocenters. The number of hydrogen-bond donors (Lipinski definition) is 0. The number of fused-ring (bicyclic) bond motifs is 1. The number of aryl methyl sites for hydroxylation is 1. The first-order chi connectivity index (χ1) is 18.0. The van der Waals surface area contributed by atoms with Crippen LogP contribution in [0.5, 0.6) is 11.5 Å². The molecule has 0 spiro atoms. The number of nitrogens with zero attached hydrogens (tertiary/aromatic N) is 2. The lowest BCUT2D eigenvalue weighted by molar-refractivity contribution is 0.176. The molecular weight excluding hydrogens is 531 g/mol. The molecule has 1 fully saturated rings. The topological polar surface area (TPSA) is 68.3 Å². The molecule has 0 amide bonds. The SMILES string of the molecule is N#Cc1ccc2c(c1)CCC(c1ccc(OCc3c(-c4c(Cl)cccc4Cl)noc3C3CC3)cc1Cl)O2. The molecule has 0 bridgehead atoms. The van der Waals surface area contributed by atoms with Crippen molar-refractivity contribution in [1.82, 2.24) is 5.16 Å². The molecule has 1 atom stereocenters. The Morgan fingerprint density at radius 2 is 1.78 bits per heavy atom. The van der Waals surface area contributed by atoms with Gasteiger partial charge in [-0.1, -0.05) is 52.1 Å². The molecule has 0 N–H and O–H groups in total. The summed E-state index contributed by atoms with van der Waals surface area (Å²) in [6.45, 7) is 0.246. The third kappa shape index (κ3) is 4.78. The van der Waals surface area contributed by atoms with Crippen molar-refractivity contribution < 1.29 is 14.0 Å². The molecule has 0 radical (unpaired) electrons. The predicted molar refractivity (Wildman–Crippen MR) is 143 cm³/mol. The molecule has 6 rings (SSSR count). The van der Waals surface area contributed by atoms with Gasteiger partial charge in [-0.25, -0.2) is 0 Å². The number of aromatic nitrogens is 1. The van der Waals surface area contributed by atoms with Crippen LogP contribution in [0.25, 0.3) is 11.3 Å². The van der Waals surface area contributed by atoms with Crippen LogP contribution in [0.3, 0.4) is 0 Å². The van der Waals surface area contributed by atoms with Crippen molar-refractivity contribution in [2.24, 2.45) is 0 Å². The smallest absolute Gasteiger partial charge is 0.147 e. The Morgan fingerprint density at radius 1 is 0.973 bits per heavy atom. The molecule has 1 aromatic heterocycles. The minimum atomic E-state index is -0.171. The van der Waals surface area contributed by atoms with Crippen molar-refractivity contribution in [3.05, 3.63) is 97.7 Å². The van der Waals surface area contributed by atoms with E-state index in [2.05, 4.69) is 11.2 Å². The van der Waals surface area contributed by atoms with Crippen LogP contribution < -0.4 is 9.47 Å². The molecule has 1 aliphatic heterocycles. The van der Waals surface area contributed by atoms with Crippen molar-refractivity contribution in [2.75, 3.05) is 0 Å². The highest BCUT2D eigenvalue weighted by Gasteiger charge is 2.34. The van der Waals surface area contributed by atoms with Gasteiger partial charge in [0, 0.05) is 17.0 Å². The molecule has 2 aliphatic rings. The Balaban J connectivity index is 1.22. The van der Waals surface area contributed by atoms with Crippen LogP contribution in [0, 0.1) is 11.3 Å². The number of benzene rings is 3. The third-order valence-electron chi connectivity index (χ3n) is 6.80. The molecule has 1 saturated carbocycles. The number of rotatable bonds is 6. The Morgan fingerprint density at radius 3 is 2.51 bits per heavy atom. The van der Waals surface area contributed by atoms with Crippen molar-refractivity contribution in [3.8, 4) is 28.8 Å². The first-order valence-electron chi connectivity index (χ1n) is 12.1. The van der Waals surface area contributed by atoms with Gasteiger partial charge in [0.05, 0.1) is 32.3 Å². The molecule has 5 nitrogen and oxygen atoms in total. The second-order valence-corrected chi connectivity index (χ2v) is 10.5. The third-order valence-corrected chi connectivity index (χ3v) is 7.76. The van der Waals surface area contributed by atoms with Crippen LogP contribution >= 0.6 is 34.8 Å². The molecule has 1 aliphatic carbocycles. The summed E-state index contributed by atoms with van der Waals surface area (Å²) in [4.78, 5) is 0. The van der Waals surface area contributed by atoms with Crippen LogP contribution in [0.4, 0.5) is 0 Å². The van der Waals surface area contributed by atoms with Gasteiger partial charge in [0.25, 0.3) is 0 Å². The molecule has 3 aromatic carbocycles. The van der Waals surface area contributed by atoms with Crippen LogP contribution in [0.15, 0.2) is 59.1 Å². The fourth-order valence-electron chi connectivity index (χ4n) is 4.74. The van der Waals surface area contributed by atoms with Crippen LogP contribution in [-0.2, 0) is 13.0 Å². The number of nitriles is 1. The maximum absolute atomic E-state index is 9.14. The predicted octanol–water partition coefficient (Wildman–Crippen LogP) is 8.70. The van der Waals surface area contributed by atoms with Crippen molar-refractivity contribution in [3.63, 3.8) is 0 Å². The van der Waals surface area contributed by atoms with Crippen molar-refractivity contribution in [2.45, 2.75) is 44.3 Å². The minimum absolute atomic E-state index is 0.171. The summed E-state index contributed by atoms with van der Waals surface area (Å²) >= 11 is 19.6. The van der Waals surface area contributed by atoms with Crippen molar-refractivity contribution in [1.29, 1.82) is 5.26 Å². The second kappa shape index (κ2) is 9.95. The molecule has 37 heavy (non-hydrogen) atoms. The first kappa shape index (κ1) is 24.2. The van der Waals surface area contributed by atoms with Crippen LogP contribution in [0.2, 0.25) is 15.1 Å². The average molecular weight is 552 g/mol. The molecule has 2 heterocycles. The van der Waals surface area contributed by atoms with Gasteiger partial charge >= 0.3 is 0 Å². The zero-order chi connectivity index (χ0) is 25.5. The fourth-order valence-corrected chi connectivity index (χ4v) is 5.61. The number of halogens is 3. The lowest BCUT2D eigenvalue weighted by Crippen LogP contribution is -2.15. The Hall–Kier alpha value is -3.17. The first-order valence-corrected chi connectivity index (χ1v) is 13.2. The van der Waals surface area contributed by atoms with Gasteiger partial charge in [0.2, 0.25) is 0 Å². The standard InChI is InChI=1S/C29H21Cl3N2O3/c30-22-2-1-3-23(31)27(22)28-21(29(37-34-28)17-5-6-17)15-35-19-8-9-20(24(32)13-19)26-11-7-18-12-16(14-33)4-10-25(18)36-26/h1-4,8-10,12-13,17,26H,5-7,11,15H2. The van der Waals surface area contributed by atoms with E-state index in [-0.39, 0.29) is 12.7 Å². The summed E-state index contributed by atoms with van der Waals surface area (Å²) < 4.78 is 18.1. The lowest BCUT2D eigenvalue weighted by Gasteiger charge is -2.27. The summed E-state index contributed by atoms with van der Waals surface area (Å²) in [6, 6.07) is 18.7. The van der Waals surface area contributed by atoms with E-state index in [1.54, 1.807) is 30.3 Å². The zero-order valence-corrected chi connectivity index (χ0v) is 21.9. The van der Waals surface area contributed by atoms with Gasteiger partial charge in [-0.05, 0) is 73.7 Å². The monoisotopic (exact) mass is 550 g/mol. The highest BCUT2D eigenvalue weighted by molar-refractivity contribution is 6.39. The largest absolute Gasteiger partial charge is 0.489 e. The van der Waals surface area contributed by atoms with E-state index in [0.717, 1.165) is 53.9 Å². The highest BCUT2D eigenvalue weighted by atomic mass is 35.5. The summed E-state index contributed by atoms with van der Waals surface area (Å²) in [5, 5.41) is 15.0. The fraction of sp³-hybridized carbons (Fsp3) is 0.241. The maximum atomic E-state index is 9.14. The van der Waals surface area contributed by atoms with E-state index >= 15 is 0 Å². The quantitative estimate of drug-likeness (QED) is 0.240. The molecular formula is C29H21Cl3N2O3. The maximum Gasteiger partial charge on any atom is 0.147 e. The molecule has 0 saturated heterocycles. The summed E-state index contributed by atoms with van der Waals surface area (Å²) in [5.74, 6) is 2.57. The van der Waals surface area contributed by atoms with E-state index in [4.69, 9.17) is 54.1 Å². The lowest BCUT2D eigenvalue weighted by atomic mass is 9.96. The summed E-state index contributed by atoms with van der Waals surface area (Å²) in [6.07, 6.45) is 3.53. The Labute approximate surface area is 229 Å². The normalized spacial score (nSPS) is 16.5. The number of hydrogen-bond acceptors (Lipinski definition) is 5. The average Bonchev–Trinajstić information content (AvgIpc) is 3.67. The van der Waals surface area contributed by atoms with Gasteiger partial charge in [0.1, 0.15) is 35.7 Å². The van der Waals surface area contributed by atoms with Crippen molar-refractivity contribution >= 4 is 34.8 Å². The highest BCUT2D eigenvalue weighted by Crippen LogP contribution is 2.46. The molecule has 4 aromatic rings. The second-order valence-electron chi connectivity index (χ2n) is 9.30. The molecule has 186 valence electrons. The Kier molecular flexibility index (Phi) is 6.50. The van der Waals surface area contributed by atoms with Gasteiger partial charge in [-0.3, -0.25) is 0 Å². The van der Waals surface area contributed by atoms with Crippen LogP contribution in [0.1, 0.15) is 59.3 Å². The van der Waals surface area contributed by atoms with E-state index in [0.29, 0.717) is 43.6 Å². The van der Waals surface area contributed by atoms with E-state index in [1.807, 2.05) is 24.3 Å². The summed E-state index contributed by atoms with van der Waals surface area (Å²) in [7, 11) is 0. The van der Waals surface area contributed by atoms with E-state index < -0.39 is 0 Å². The van der Waals surface area contributed by atoms with Crippen LogP contribution in [-0.4, -0.2) is 5.16 Å². The number of ether oxygens (including phenoxy) is 2. The van der Waals surface area contributed by atoms with Gasteiger partial charge < -0.3 is 14.0 Å². The zero-order valence-electron chi connectivity index (χ0n) is 19.6. The van der Waals surface area contributed by atoms with E-state index in [1.165, 1.54) is 0 Å². The van der Waals surface area contributed by atoms with E-state index in [9.17, 15) is 0 Å². The van der Waals surface area contributed by atoms with Gasteiger partial charge in [-0.15, -0.1) is 0 Å². The Bertz CT molecular complexity index is 1520. The minimum Gasteiger partial charge on any atom is -0.489 e.